The number of benzene rings is 1. The van der Waals surface area contributed by atoms with E-state index in [1.807, 2.05) is 12.1 Å². The molecule has 172 valence electrons. The van der Waals surface area contributed by atoms with Crippen molar-refractivity contribution < 1.29 is 14.4 Å². The summed E-state index contributed by atoms with van der Waals surface area (Å²) in [4.78, 5) is 43.6. The maximum atomic E-state index is 13.5. The lowest BCUT2D eigenvalue weighted by Crippen LogP contribution is -2.49. The van der Waals surface area contributed by atoms with Gasteiger partial charge in [-0.3, -0.25) is 14.4 Å². The van der Waals surface area contributed by atoms with Crippen molar-refractivity contribution in [2.24, 2.45) is 11.3 Å². The first-order chi connectivity index (χ1) is 15.9. The second kappa shape index (κ2) is 8.49. The summed E-state index contributed by atoms with van der Waals surface area (Å²) >= 11 is 6.27. The highest BCUT2D eigenvalue weighted by atomic mass is 35.5. The van der Waals surface area contributed by atoms with Crippen molar-refractivity contribution in [2.45, 2.75) is 63.5 Å². The summed E-state index contributed by atoms with van der Waals surface area (Å²) in [6, 6.07) is 8.04. The molecule has 2 aliphatic carbocycles. The van der Waals surface area contributed by atoms with E-state index in [2.05, 4.69) is 16.4 Å². The molecule has 2 heterocycles. The number of nitriles is 1. The van der Waals surface area contributed by atoms with Crippen LogP contribution in [-0.2, 0) is 9.59 Å². The van der Waals surface area contributed by atoms with Gasteiger partial charge in [0.15, 0.2) is 0 Å². The average Bonchev–Trinajstić information content (AvgIpc) is 3.49. The first-order valence-corrected chi connectivity index (χ1v) is 12.1. The van der Waals surface area contributed by atoms with Gasteiger partial charge in [0.1, 0.15) is 23.6 Å². The third-order valence-corrected chi connectivity index (χ3v) is 8.06. The van der Waals surface area contributed by atoms with Gasteiger partial charge in [0.25, 0.3) is 5.91 Å². The molecule has 0 radical (unpaired) electrons. The van der Waals surface area contributed by atoms with Gasteiger partial charge in [0.05, 0.1) is 16.6 Å². The van der Waals surface area contributed by atoms with Crippen LogP contribution in [0.25, 0.3) is 10.9 Å². The van der Waals surface area contributed by atoms with Crippen LogP contribution in [0.4, 0.5) is 0 Å². The fraction of sp³-hybridized carbons (Fsp3) is 0.520. The number of hydrogen-bond donors (Lipinski definition) is 2. The van der Waals surface area contributed by atoms with Crippen molar-refractivity contribution in [1.29, 1.82) is 5.26 Å². The Morgan fingerprint density at radius 2 is 2.15 bits per heavy atom. The summed E-state index contributed by atoms with van der Waals surface area (Å²) in [6.07, 6.45) is 6.21. The van der Waals surface area contributed by atoms with Gasteiger partial charge in [-0.1, -0.05) is 30.2 Å². The van der Waals surface area contributed by atoms with E-state index in [1.54, 1.807) is 17.0 Å². The molecule has 2 N–H and O–H groups in total. The van der Waals surface area contributed by atoms with Gasteiger partial charge >= 0.3 is 0 Å². The van der Waals surface area contributed by atoms with E-state index in [9.17, 15) is 19.6 Å². The SMILES string of the molecule is N#C[C@H](C[C@@H]1CCCC1=O)NC(=O)C1CC2(CCC2)CN1C(=O)c1cc2cccc(Cl)c2[nH]1. The Morgan fingerprint density at radius 3 is 2.79 bits per heavy atom. The molecule has 0 bridgehead atoms. The number of aromatic amines is 1. The highest BCUT2D eigenvalue weighted by Gasteiger charge is 2.52. The maximum absolute atomic E-state index is 13.5. The lowest BCUT2D eigenvalue weighted by molar-refractivity contribution is -0.126. The van der Waals surface area contributed by atoms with Gasteiger partial charge in [-0.15, -0.1) is 0 Å². The van der Waals surface area contributed by atoms with Crippen LogP contribution < -0.4 is 5.32 Å². The zero-order chi connectivity index (χ0) is 23.2. The topological polar surface area (TPSA) is 106 Å². The summed E-state index contributed by atoms with van der Waals surface area (Å²) in [7, 11) is 0. The number of fused-ring (bicyclic) bond motifs is 1. The van der Waals surface area contributed by atoms with E-state index in [0.717, 1.165) is 37.5 Å². The van der Waals surface area contributed by atoms with Crippen molar-refractivity contribution in [3.05, 3.63) is 35.0 Å². The molecule has 33 heavy (non-hydrogen) atoms. The Hall–Kier alpha value is -2.85. The van der Waals surface area contributed by atoms with Crippen LogP contribution in [0.2, 0.25) is 5.02 Å². The number of amides is 2. The van der Waals surface area contributed by atoms with Crippen LogP contribution in [0.5, 0.6) is 0 Å². The highest BCUT2D eigenvalue weighted by Crippen LogP contribution is 2.50. The third-order valence-electron chi connectivity index (χ3n) is 7.75. The molecule has 1 aromatic carbocycles. The van der Waals surface area contributed by atoms with Crippen LogP contribution in [0, 0.1) is 22.7 Å². The normalized spacial score (nSPS) is 24.6. The second-order valence-electron chi connectivity index (χ2n) is 9.88. The lowest BCUT2D eigenvalue weighted by Gasteiger charge is -2.37. The number of H-pyrrole nitrogens is 1. The molecule has 5 rings (SSSR count). The Bertz CT molecular complexity index is 1160. The van der Waals surface area contributed by atoms with E-state index < -0.39 is 12.1 Å². The molecular weight excluding hydrogens is 440 g/mol. The summed E-state index contributed by atoms with van der Waals surface area (Å²) in [5.41, 5.74) is 1.08. The smallest absolute Gasteiger partial charge is 0.271 e. The van der Waals surface area contributed by atoms with Crippen molar-refractivity contribution in [3.63, 3.8) is 0 Å². The van der Waals surface area contributed by atoms with Gasteiger partial charge in [-0.25, -0.2) is 0 Å². The van der Waals surface area contributed by atoms with E-state index in [0.29, 0.717) is 42.0 Å². The second-order valence-corrected chi connectivity index (χ2v) is 10.3. The summed E-state index contributed by atoms with van der Waals surface area (Å²) in [6.45, 7) is 0.533. The first kappa shape index (κ1) is 22.0. The predicted molar refractivity (Wildman–Crippen MR) is 124 cm³/mol. The highest BCUT2D eigenvalue weighted by molar-refractivity contribution is 6.35. The van der Waals surface area contributed by atoms with Crippen LogP contribution in [-0.4, -0.2) is 46.1 Å². The zero-order valence-electron chi connectivity index (χ0n) is 18.4. The molecular formula is C25H27ClN4O3. The minimum absolute atomic E-state index is 0.0229. The quantitative estimate of drug-likeness (QED) is 0.695. The van der Waals surface area contributed by atoms with Gasteiger partial charge < -0.3 is 15.2 Å². The number of carbonyl (C=O) groups excluding carboxylic acids is 3. The summed E-state index contributed by atoms with van der Waals surface area (Å²) < 4.78 is 0. The van der Waals surface area contributed by atoms with Crippen molar-refractivity contribution in [2.75, 3.05) is 6.54 Å². The standard InChI is InChI=1S/C25H27ClN4O3/c26-18-6-1-5-16-11-19(29-22(16)18)24(33)30-14-25(8-3-9-25)12-20(30)23(32)28-17(13-27)10-15-4-2-7-21(15)31/h1,5-6,11,15,17,20,29H,2-4,7-10,12,14H2,(H,28,32)/t15-,17-,20?/m0/s1. The zero-order valence-corrected chi connectivity index (χ0v) is 19.2. The molecule has 8 heteroatoms. The van der Waals surface area contributed by atoms with Crippen molar-refractivity contribution in [1.82, 2.24) is 15.2 Å². The molecule has 1 spiro atoms. The third kappa shape index (κ3) is 4.02. The van der Waals surface area contributed by atoms with Gasteiger partial charge in [0.2, 0.25) is 5.91 Å². The minimum Gasteiger partial charge on any atom is -0.349 e. The molecule has 2 amide bonds. The van der Waals surface area contributed by atoms with Crippen LogP contribution >= 0.6 is 11.6 Å². The molecule has 2 aromatic rings. The number of hydrogen-bond acceptors (Lipinski definition) is 4. The Labute approximate surface area is 197 Å². The molecule has 1 aliphatic heterocycles. The fourth-order valence-corrected chi connectivity index (χ4v) is 5.99. The largest absolute Gasteiger partial charge is 0.349 e. The monoisotopic (exact) mass is 466 g/mol. The molecule has 1 saturated heterocycles. The summed E-state index contributed by atoms with van der Waals surface area (Å²) in [5.74, 6) is -0.526. The first-order valence-electron chi connectivity index (χ1n) is 11.7. The number of aromatic nitrogens is 1. The molecule has 2 saturated carbocycles. The molecule has 3 fully saturated rings. The lowest BCUT2D eigenvalue weighted by atomic mass is 9.67. The minimum atomic E-state index is -0.730. The van der Waals surface area contributed by atoms with E-state index in [-0.39, 0.29) is 28.9 Å². The molecule has 1 aromatic heterocycles. The van der Waals surface area contributed by atoms with Crippen molar-refractivity contribution >= 4 is 40.1 Å². The number of Topliss-reactive ketones (excluding diaryl/α,β-unsaturated/α-hetero) is 1. The number of ketones is 1. The van der Waals surface area contributed by atoms with E-state index in [1.165, 1.54) is 0 Å². The van der Waals surface area contributed by atoms with Gasteiger partial charge in [-0.2, -0.15) is 5.26 Å². The number of nitrogens with one attached hydrogen (secondary N) is 2. The molecule has 7 nitrogen and oxygen atoms in total. The van der Waals surface area contributed by atoms with Crippen molar-refractivity contribution in [3.8, 4) is 6.07 Å². The van der Waals surface area contributed by atoms with Crippen LogP contribution in [0.15, 0.2) is 24.3 Å². The molecule has 1 unspecified atom stereocenters. The number of carbonyl (C=O) groups is 3. The Morgan fingerprint density at radius 1 is 1.33 bits per heavy atom. The number of nitrogens with zero attached hydrogens (tertiary/aromatic N) is 2. The maximum Gasteiger partial charge on any atom is 0.271 e. The molecule has 3 aliphatic rings. The average molecular weight is 467 g/mol. The predicted octanol–water partition coefficient (Wildman–Crippen LogP) is 3.97. The van der Waals surface area contributed by atoms with E-state index >= 15 is 0 Å². The van der Waals surface area contributed by atoms with Gasteiger partial charge in [-0.05, 0) is 56.1 Å². The van der Waals surface area contributed by atoms with Crippen LogP contribution in [0.1, 0.15) is 61.9 Å². The Kier molecular flexibility index (Phi) is 5.65. The number of rotatable bonds is 5. The number of para-hydroxylation sites is 1. The number of likely N-dealkylation sites (tertiary alicyclic amines) is 1. The van der Waals surface area contributed by atoms with Gasteiger partial charge in [0, 0.05) is 24.3 Å². The summed E-state index contributed by atoms with van der Waals surface area (Å²) in [5, 5.41) is 13.8. The molecule has 3 atom stereocenters. The van der Waals surface area contributed by atoms with Crippen LogP contribution in [0.3, 0.4) is 0 Å². The Balaban J connectivity index is 1.35. The number of halogens is 1. The van der Waals surface area contributed by atoms with E-state index in [4.69, 9.17) is 11.6 Å². The fourth-order valence-electron chi connectivity index (χ4n) is 5.77.